The van der Waals surface area contributed by atoms with E-state index >= 15 is 0 Å². The van der Waals surface area contributed by atoms with Gasteiger partial charge >= 0.3 is 0 Å². The minimum absolute atomic E-state index is 0.199. The fraction of sp³-hybridized carbons (Fsp3) is 0.526. The molecule has 7 nitrogen and oxygen atoms in total. The lowest BCUT2D eigenvalue weighted by atomic mass is 10.1. The molecule has 3 heterocycles. The first-order chi connectivity index (χ1) is 12.6. The maximum absolute atomic E-state index is 12.9. The Morgan fingerprint density at radius 2 is 1.92 bits per heavy atom. The van der Waals surface area contributed by atoms with Crippen LogP contribution in [0.3, 0.4) is 0 Å². The van der Waals surface area contributed by atoms with Crippen molar-refractivity contribution in [2.24, 2.45) is 0 Å². The fourth-order valence-corrected chi connectivity index (χ4v) is 3.92. The van der Waals surface area contributed by atoms with Gasteiger partial charge < -0.3 is 9.42 Å². The number of fused-ring (bicyclic) bond motifs is 1. The van der Waals surface area contributed by atoms with Crippen molar-refractivity contribution in [1.29, 1.82) is 0 Å². The molecule has 0 N–H and O–H groups in total. The molecule has 0 spiro atoms. The first-order valence-corrected chi connectivity index (χ1v) is 9.24. The first kappa shape index (κ1) is 17.2. The van der Waals surface area contributed by atoms with Gasteiger partial charge in [0.2, 0.25) is 11.8 Å². The topological polar surface area (TPSA) is 65.7 Å². The molecule has 4 rings (SSSR count). The van der Waals surface area contributed by atoms with Crippen LogP contribution in [-0.4, -0.2) is 64.6 Å². The SMILES string of the molecule is Cc1nc(CN2CCN(CC(=O)N3c4ccccc4CC3C)CC2)no1. The lowest BCUT2D eigenvalue weighted by molar-refractivity contribution is -0.120. The number of rotatable bonds is 4. The molecule has 0 bridgehead atoms. The molecular weight excluding hydrogens is 330 g/mol. The van der Waals surface area contributed by atoms with Crippen LogP contribution >= 0.6 is 0 Å². The van der Waals surface area contributed by atoms with E-state index in [9.17, 15) is 4.79 Å². The Balaban J connectivity index is 1.31. The minimum atomic E-state index is 0.199. The molecule has 0 aliphatic carbocycles. The Kier molecular flexibility index (Phi) is 4.74. The molecular formula is C19H25N5O2. The van der Waals surface area contributed by atoms with Crippen LogP contribution in [0.5, 0.6) is 0 Å². The van der Waals surface area contributed by atoms with Crippen LogP contribution in [0.2, 0.25) is 0 Å². The van der Waals surface area contributed by atoms with E-state index < -0.39 is 0 Å². The van der Waals surface area contributed by atoms with E-state index in [4.69, 9.17) is 4.52 Å². The van der Waals surface area contributed by atoms with Gasteiger partial charge in [-0.15, -0.1) is 0 Å². The summed E-state index contributed by atoms with van der Waals surface area (Å²) in [6.45, 7) is 8.70. The van der Waals surface area contributed by atoms with Gasteiger partial charge in [0.1, 0.15) is 0 Å². The fourth-order valence-electron chi connectivity index (χ4n) is 3.92. The maximum Gasteiger partial charge on any atom is 0.241 e. The molecule has 2 aliphatic rings. The molecule has 1 unspecified atom stereocenters. The Hall–Kier alpha value is -2.25. The van der Waals surface area contributed by atoms with Gasteiger partial charge in [-0.3, -0.25) is 14.6 Å². The van der Waals surface area contributed by atoms with Gasteiger partial charge in [0.15, 0.2) is 5.82 Å². The Bertz CT molecular complexity index is 782. The van der Waals surface area contributed by atoms with Crippen molar-refractivity contribution in [2.75, 3.05) is 37.6 Å². The summed E-state index contributed by atoms with van der Waals surface area (Å²) >= 11 is 0. The van der Waals surface area contributed by atoms with E-state index in [1.54, 1.807) is 6.92 Å². The van der Waals surface area contributed by atoms with E-state index in [0.29, 0.717) is 19.0 Å². The van der Waals surface area contributed by atoms with Crippen LogP contribution in [0.1, 0.15) is 24.2 Å². The number of hydrogen-bond acceptors (Lipinski definition) is 6. The smallest absolute Gasteiger partial charge is 0.241 e. The number of benzene rings is 1. The second-order valence-corrected chi connectivity index (χ2v) is 7.23. The molecule has 1 amide bonds. The summed E-state index contributed by atoms with van der Waals surface area (Å²) < 4.78 is 5.03. The quantitative estimate of drug-likeness (QED) is 0.828. The van der Waals surface area contributed by atoms with Crippen LogP contribution < -0.4 is 4.90 Å². The van der Waals surface area contributed by atoms with Crippen molar-refractivity contribution < 1.29 is 9.32 Å². The monoisotopic (exact) mass is 355 g/mol. The first-order valence-electron chi connectivity index (χ1n) is 9.24. The molecule has 2 aliphatic heterocycles. The zero-order valence-electron chi connectivity index (χ0n) is 15.4. The van der Waals surface area contributed by atoms with Gasteiger partial charge in [0.25, 0.3) is 0 Å². The molecule has 2 aromatic rings. The summed E-state index contributed by atoms with van der Waals surface area (Å²) in [6.07, 6.45) is 0.944. The molecule has 138 valence electrons. The number of carbonyl (C=O) groups is 1. The summed E-state index contributed by atoms with van der Waals surface area (Å²) in [6, 6.07) is 8.47. The van der Waals surface area contributed by atoms with E-state index in [-0.39, 0.29) is 11.9 Å². The van der Waals surface area contributed by atoms with Crippen LogP contribution in [0.25, 0.3) is 0 Å². The standard InChI is InChI=1S/C19H25N5O2/c1-14-11-16-5-3-4-6-17(16)24(14)19(25)13-23-9-7-22(8-10-23)12-18-20-15(2)26-21-18/h3-6,14H,7-13H2,1-2H3. The molecule has 26 heavy (non-hydrogen) atoms. The number of hydrogen-bond donors (Lipinski definition) is 0. The van der Waals surface area contributed by atoms with Gasteiger partial charge in [-0.25, -0.2) is 0 Å². The van der Waals surface area contributed by atoms with Crippen molar-refractivity contribution >= 4 is 11.6 Å². The Morgan fingerprint density at radius 3 is 2.65 bits per heavy atom. The van der Waals surface area contributed by atoms with Crippen molar-refractivity contribution in [1.82, 2.24) is 19.9 Å². The number of aryl methyl sites for hydroxylation is 1. The summed E-state index contributed by atoms with van der Waals surface area (Å²) in [5, 5.41) is 3.96. The van der Waals surface area contributed by atoms with Gasteiger partial charge in [-0.1, -0.05) is 23.4 Å². The molecule has 1 fully saturated rings. The summed E-state index contributed by atoms with van der Waals surface area (Å²) in [5.74, 6) is 1.53. The van der Waals surface area contributed by atoms with E-state index in [1.807, 2.05) is 17.0 Å². The van der Waals surface area contributed by atoms with Crippen LogP contribution in [0.15, 0.2) is 28.8 Å². The minimum Gasteiger partial charge on any atom is -0.340 e. The number of piperazine rings is 1. The number of carbonyl (C=O) groups excluding carboxylic acids is 1. The van der Waals surface area contributed by atoms with E-state index in [1.165, 1.54) is 5.56 Å². The van der Waals surface area contributed by atoms with E-state index in [0.717, 1.165) is 44.1 Å². The number of aromatic nitrogens is 2. The molecule has 0 saturated carbocycles. The van der Waals surface area contributed by atoms with Gasteiger partial charge in [0.05, 0.1) is 13.1 Å². The largest absolute Gasteiger partial charge is 0.340 e. The molecule has 1 aromatic heterocycles. The second-order valence-electron chi connectivity index (χ2n) is 7.23. The third-order valence-electron chi connectivity index (χ3n) is 5.23. The zero-order valence-corrected chi connectivity index (χ0v) is 15.4. The number of anilines is 1. The van der Waals surface area contributed by atoms with Gasteiger partial charge in [-0.05, 0) is 25.0 Å². The van der Waals surface area contributed by atoms with Crippen molar-refractivity contribution in [3.63, 3.8) is 0 Å². The predicted molar refractivity (Wildman–Crippen MR) is 97.8 cm³/mol. The third kappa shape index (κ3) is 3.50. The average molecular weight is 355 g/mol. The summed E-state index contributed by atoms with van der Waals surface area (Å²) in [7, 11) is 0. The molecule has 1 aromatic carbocycles. The van der Waals surface area contributed by atoms with Gasteiger partial charge in [0, 0.05) is 44.8 Å². The summed E-state index contributed by atoms with van der Waals surface area (Å²) in [4.78, 5) is 23.7. The number of nitrogens with zero attached hydrogens (tertiary/aromatic N) is 5. The highest BCUT2D eigenvalue weighted by Gasteiger charge is 2.31. The molecule has 7 heteroatoms. The normalized spacial score (nSPS) is 21.2. The predicted octanol–water partition coefficient (Wildman–Crippen LogP) is 1.47. The number of amides is 1. The third-order valence-corrected chi connectivity index (χ3v) is 5.23. The van der Waals surface area contributed by atoms with E-state index in [2.05, 4.69) is 39.0 Å². The Labute approximate surface area is 153 Å². The average Bonchev–Trinajstić information content (AvgIpc) is 3.18. The lowest BCUT2D eigenvalue weighted by Crippen LogP contribution is -2.50. The second kappa shape index (κ2) is 7.17. The summed E-state index contributed by atoms with van der Waals surface area (Å²) in [5.41, 5.74) is 2.35. The van der Waals surface area contributed by atoms with Crippen molar-refractivity contribution in [2.45, 2.75) is 32.9 Å². The van der Waals surface area contributed by atoms with Crippen molar-refractivity contribution in [3.8, 4) is 0 Å². The van der Waals surface area contributed by atoms with Crippen LogP contribution in [-0.2, 0) is 17.8 Å². The highest BCUT2D eigenvalue weighted by molar-refractivity contribution is 5.97. The van der Waals surface area contributed by atoms with Crippen molar-refractivity contribution in [3.05, 3.63) is 41.5 Å². The molecule has 1 saturated heterocycles. The highest BCUT2D eigenvalue weighted by Crippen LogP contribution is 2.31. The molecule has 0 radical (unpaired) electrons. The maximum atomic E-state index is 12.9. The zero-order chi connectivity index (χ0) is 18.1. The number of para-hydroxylation sites is 1. The van der Waals surface area contributed by atoms with Crippen LogP contribution in [0.4, 0.5) is 5.69 Å². The lowest BCUT2D eigenvalue weighted by Gasteiger charge is -2.35. The Morgan fingerprint density at radius 1 is 1.19 bits per heavy atom. The van der Waals surface area contributed by atoms with Crippen LogP contribution in [0, 0.1) is 6.92 Å². The highest BCUT2D eigenvalue weighted by atomic mass is 16.5. The molecule has 1 atom stereocenters. The van der Waals surface area contributed by atoms with Gasteiger partial charge in [-0.2, -0.15) is 4.98 Å².